The van der Waals surface area contributed by atoms with Gasteiger partial charge in [0.2, 0.25) is 0 Å². The van der Waals surface area contributed by atoms with E-state index < -0.39 is 0 Å². The van der Waals surface area contributed by atoms with Gasteiger partial charge in [0, 0.05) is 16.7 Å². The van der Waals surface area contributed by atoms with Crippen molar-refractivity contribution in [3.8, 4) is 5.75 Å². The molecule has 0 aromatic heterocycles. The minimum atomic E-state index is 0.297. The molecule has 0 spiro atoms. The highest BCUT2D eigenvalue weighted by Crippen LogP contribution is 2.31. The molecule has 0 atom stereocenters. The zero-order valence-electron chi connectivity index (χ0n) is 11.3. The van der Waals surface area contributed by atoms with Crippen molar-refractivity contribution in [3.05, 3.63) is 53.1 Å². The van der Waals surface area contributed by atoms with Crippen LogP contribution in [0.3, 0.4) is 0 Å². The molecule has 0 heterocycles. The zero-order chi connectivity index (χ0) is 13.8. The van der Waals surface area contributed by atoms with Crippen LogP contribution in [0.25, 0.3) is 0 Å². The predicted molar refractivity (Wildman–Crippen MR) is 83.1 cm³/mol. The third kappa shape index (κ3) is 2.99. The molecular weight excluding hydrogens is 254 g/mol. The average molecular weight is 271 g/mol. The molecule has 0 radical (unpaired) electrons. The fourth-order valence-corrected chi connectivity index (χ4v) is 2.50. The monoisotopic (exact) mass is 271 g/mol. The van der Waals surface area contributed by atoms with Crippen LogP contribution < -0.4 is 0 Å². The molecule has 2 nitrogen and oxygen atoms in total. The summed E-state index contributed by atoms with van der Waals surface area (Å²) in [5.41, 5.74) is 3.71. The number of benzene rings is 2. The normalized spacial score (nSPS) is 11.1. The molecule has 19 heavy (non-hydrogen) atoms. The maximum Gasteiger partial charge on any atom is 0.127 e. The second-order valence-corrected chi connectivity index (χ2v) is 5.24. The zero-order valence-corrected chi connectivity index (χ0v) is 12.2. The second kappa shape index (κ2) is 5.93. The van der Waals surface area contributed by atoms with Gasteiger partial charge in [0.1, 0.15) is 5.75 Å². The molecule has 0 aliphatic rings. The Hall–Kier alpha value is -1.74. The van der Waals surface area contributed by atoms with Crippen LogP contribution >= 0.6 is 11.8 Å². The molecule has 2 rings (SSSR count). The summed E-state index contributed by atoms with van der Waals surface area (Å²) in [5, 5.41) is 9.97. The predicted octanol–water partition coefficient (Wildman–Crippen LogP) is 4.48. The Balaban J connectivity index is 2.41. The first-order valence-electron chi connectivity index (χ1n) is 6.09. The number of aryl methyl sites for hydroxylation is 2. The summed E-state index contributed by atoms with van der Waals surface area (Å²) in [4.78, 5) is 5.68. The van der Waals surface area contributed by atoms with Crippen LogP contribution in [0.15, 0.2) is 46.3 Å². The van der Waals surface area contributed by atoms with Crippen LogP contribution in [0.4, 0.5) is 5.69 Å². The summed E-state index contributed by atoms with van der Waals surface area (Å²) in [6.45, 7) is 3.93. The fraction of sp³-hybridized carbons (Fsp3) is 0.188. The summed E-state index contributed by atoms with van der Waals surface area (Å²) in [6.07, 6.45) is 3.77. The van der Waals surface area contributed by atoms with Crippen molar-refractivity contribution in [1.29, 1.82) is 0 Å². The molecule has 0 aliphatic heterocycles. The van der Waals surface area contributed by atoms with Crippen molar-refractivity contribution >= 4 is 23.7 Å². The lowest BCUT2D eigenvalue weighted by Crippen LogP contribution is -1.86. The molecule has 0 aliphatic carbocycles. The van der Waals surface area contributed by atoms with E-state index in [1.807, 2.05) is 50.4 Å². The summed E-state index contributed by atoms with van der Waals surface area (Å²) in [7, 11) is 0. The Morgan fingerprint density at radius 2 is 1.74 bits per heavy atom. The second-order valence-electron chi connectivity index (χ2n) is 4.40. The van der Waals surface area contributed by atoms with Crippen LogP contribution in [0, 0.1) is 13.8 Å². The number of hydrogen-bond acceptors (Lipinski definition) is 3. The first-order chi connectivity index (χ1) is 9.13. The molecule has 0 bridgehead atoms. The quantitative estimate of drug-likeness (QED) is 0.659. The van der Waals surface area contributed by atoms with E-state index in [1.54, 1.807) is 18.0 Å². The largest absolute Gasteiger partial charge is 0.507 e. The van der Waals surface area contributed by atoms with Gasteiger partial charge in [0.05, 0.1) is 5.69 Å². The number of nitrogens with zero attached hydrogens (tertiary/aromatic N) is 1. The van der Waals surface area contributed by atoms with Crippen molar-refractivity contribution in [2.45, 2.75) is 18.7 Å². The highest BCUT2D eigenvalue weighted by Gasteiger charge is 2.04. The lowest BCUT2D eigenvalue weighted by Gasteiger charge is -2.06. The summed E-state index contributed by atoms with van der Waals surface area (Å²) >= 11 is 1.68. The number of rotatable bonds is 3. The minimum Gasteiger partial charge on any atom is -0.507 e. The summed E-state index contributed by atoms with van der Waals surface area (Å²) in [5.74, 6) is 0.297. The van der Waals surface area contributed by atoms with E-state index >= 15 is 0 Å². The highest BCUT2D eigenvalue weighted by atomic mass is 32.2. The molecule has 0 unspecified atom stereocenters. The number of hydrogen-bond donors (Lipinski definition) is 1. The van der Waals surface area contributed by atoms with Crippen molar-refractivity contribution in [3.63, 3.8) is 0 Å². The van der Waals surface area contributed by atoms with Gasteiger partial charge in [0.25, 0.3) is 0 Å². The Morgan fingerprint density at radius 1 is 1.05 bits per heavy atom. The van der Waals surface area contributed by atoms with Gasteiger partial charge in [-0.3, -0.25) is 4.99 Å². The van der Waals surface area contributed by atoms with Crippen molar-refractivity contribution in [2.24, 2.45) is 4.99 Å². The van der Waals surface area contributed by atoms with Crippen LogP contribution in [-0.4, -0.2) is 17.6 Å². The Bertz CT molecular complexity index is 620. The molecule has 0 amide bonds. The Labute approximate surface area is 118 Å². The molecule has 0 saturated heterocycles. The molecular formula is C16H17NOS. The Morgan fingerprint density at radius 3 is 2.47 bits per heavy atom. The van der Waals surface area contributed by atoms with Gasteiger partial charge < -0.3 is 5.11 Å². The number of phenols is 1. The van der Waals surface area contributed by atoms with Crippen molar-refractivity contribution in [1.82, 2.24) is 0 Å². The van der Waals surface area contributed by atoms with Gasteiger partial charge in [0.15, 0.2) is 0 Å². The standard InChI is InChI=1S/C16H17NOS/c1-11-6-5-9-14(19-3)15(11)17-10-13-8-4-7-12(2)16(13)18/h4-10,18H,1-3H3. The van der Waals surface area contributed by atoms with Gasteiger partial charge in [-0.1, -0.05) is 24.3 Å². The average Bonchev–Trinajstić information content (AvgIpc) is 2.41. The minimum absolute atomic E-state index is 0.297. The topological polar surface area (TPSA) is 32.6 Å². The molecule has 0 saturated carbocycles. The number of phenolic OH excluding ortho intramolecular Hbond substituents is 1. The van der Waals surface area contributed by atoms with Gasteiger partial charge in [-0.05, 0) is 43.4 Å². The SMILES string of the molecule is CSc1cccc(C)c1N=Cc1cccc(C)c1O. The van der Waals surface area contributed by atoms with E-state index in [-0.39, 0.29) is 0 Å². The van der Waals surface area contributed by atoms with E-state index in [0.29, 0.717) is 5.75 Å². The van der Waals surface area contributed by atoms with E-state index in [0.717, 1.165) is 27.3 Å². The lowest BCUT2D eigenvalue weighted by atomic mass is 10.1. The van der Waals surface area contributed by atoms with Crippen LogP contribution in [0.2, 0.25) is 0 Å². The van der Waals surface area contributed by atoms with Crippen LogP contribution in [0.1, 0.15) is 16.7 Å². The molecule has 2 aromatic rings. The molecule has 3 heteroatoms. The number of aliphatic imine (C=N–C) groups is 1. The molecule has 1 N–H and O–H groups in total. The van der Waals surface area contributed by atoms with Gasteiger partial charge in [-0.2, -0.15) is 0 Å². The summed E-state index contributed by atoms with van der Waals surface area (Å²) < 4.78 is 0. The highest BCUT2D eigenvalue weighted by molar-refractivity contribution is 7.98. The lowest BCUT2D eigenvalue weighted by molar-refractivity contribution is 0.470. The van der Waals surface area contributed by atoms with E-state index in [4.69, 9.17) is 0 Å². The molecule has 0 fully saturated rings. The fourth-order valence-electron chi connectivity index (χ4n) is 1.88. The van der Waals surface area contributed by atoms with Gasteiger partial charge in [-0.25, -0.2) is 0 Å². The third-order valence-corrected chi connectivity index (χ3v) is 3.79. The van der Waals surface area contributed by atoms with E-state index in [9.17, 15) is 5.11 Å². The molecule has 98 valence electrons. The van der Waals surface area contributed by atoms with Gasteiger partial charge >= 0.3 is 0 Å². The first kappa shape index (κ1) is 13.7. The number of aromatic hydroxyl groups is 1. The van der Waals surface area contributed by atoms with E-state index in [2.05, 4.69) is 11.1 Å². The number of para-hydroxylation sites is 2. The Kier molecular flexibility index (Phi) is 4.27. The van der Waals surface area contributed by atoms with Gasteiger partial charge in [-0.15, -0.1) is 11.8 Å². The first-order valence-corrected chi connectivity index (χ1v) is 7.32. The molecule has 2 aromatic carbocycles. The van der Waals surface area contributed by atoms with Crippen molar-refractivity contribution < 1.29 is 5.11 Å². The smallest absolute Gasteiger partial charge is 0.127 e. The maximum absolute atomic E-state index is 9.97. The number of thioether (sulfide) groups is 1. The van der Waals surface area contributed by atoms with Crippen molar-refractivity contribution in [2.75, 3.05) is 6.26 Å². The summed E-state index contributed by atoms with van der Waals surface area (Å²) in [6, 6.07) is 11.8. The maximum atomic E-state index is 9.97. The van der Waals surface area contributed by atoms with Crippen LogP contribution in [0.5, 0.6) is 5.75 Å². The van der Waals surface area contributed by atoms with E-state index in [1.165, 1.54) is 0 Å². The third-order valence-electron chi connectivity index (χ3n) is 3.02. The van der Waals surface area contributed by atoms with Crippen LogP contribution in [-0.2, 0) is 0 Å².